The van der Waals surface area contributed by atoms with Crippen LogP contribution in [0, 0.1) is 12.3 Å². The maximum absolute atomic E-state index is 14.8. The van der Waals surface area contributed by atoms with Gasteiger partial charge in [0.1, 0.15) is 37.4 Å². The molecule has 12 nitrogen and oxygen atoms in total. The highest BCUT2D eigenvalue weighted by Crippen LogP contribution is 2.39. The number of hydrogen-bond acceptors (Lipinski definition) is 11. The van der Waals surface area contributed by atoms with E-state index in [0.29, 0.717) is 17.9 Å². The maximum Gasteiger partial charge on any atom is 0.408 e. The number of benzene rings is 3. The molecular weight excluding hydrogens is 769 g/mol. The zero-order chi connectivity index (χ0) is 43.2. The Labute approximate surface area is 348 Å². The van der Waals surface area contributed by atoms with Crippen LogP contribution in [0.2, 0.25) is 25.7 Å². The largest absolute Gasteiger partial charge is 0.488 e. The normalized spacial score (nSPS) is 14.2. The summed E-state index contributed by atoms with van der Waals surface area (Å²) < 4.78 is 35.7. The lowest BCUT2D eigenvalue weighted by Crippen LogP contribution is -2.44. The SMILES string of the molecule is C#Cc1c(OCc2ccccc2)cccc1[C@@](C)(OCOCC[Si](C)(C)C)C(=O)CC(O)[C@H](NC(=O)OC(C)(C)C)c1onc(OCc2ccccc2)c1[C@H](O)CC=C. The van der Waals surface area contributed by atoms with Gasteiger partial charge < -0.3 is 43.7 Å². The van der Waals surface area contributed by atoms with Crippen molar-refractivity contribution in [1.82, 2.24) is 10.5 Å². The van der Waals surface area contributed by atoms with Gasteiger partial charge in [-0.2, -0.15) is 0 Å². The van der Waals surface area contributed by atoms with Gasteiger partial charge in [-0.1, -0.05) is 104 Å². The van der Waals surface area contributed by atoms with Crippen LogP contribution in [0.3, 0.4) is 0 Å². The molecule has 1 amide bonds. The summed E-state index contributed by atoms with van der Waals surface area (Å²) in [4.78, 5) is 28.1. The number of aliphatic hydroxyl groups excluding tert-OH is 2. The number of nitrogens with one attached hydrogen (secondary N) is 1. The van der Waals surface area contributed by atoms with Gasteiger partial charge in [0.05, 0.1) is 23.3 Å². The first-order valence-corrected chi connectivity index (χ1v) is 23.3. The van der Waals surface area contributed by atoms with E-state index >= 15 is 0 Å². The molecule has 4 rings (SSSR count). The van der Waals surface area contributed by atoms with Crippen LogP contribution in [0.4, 0.5) is 4.79 Å². The molecular formula is C46H58N2O10Si. The van der Waals surface area contributed by atoms with Crippen molar-refractivity contribution in [2.45, 2.75) is 109 Å². The summed E-state index contributed by atoms with van der Waals surface area (Å²) in [6.07, 6.45) is 3.15. The molecule has 1 unspecified atom stereocenters. The topological polar surface area (TPSA) is 159 Å². The molecule has 59 heavy (non-hydrogen) atoms. The van der Waals surface area contributed by atoms with Crippen molar-refractivity contribution in [2.75, 3.05) is 13.4 Å². The third-order valence-electron chi connectivity index (χ3n) is 9.28. The molecule has 0 radical (unpaired) electrons. The second-order valence-corrected chi connectivity index (χ2v) is 22.1. The highest BCUT2D eigenvalue weighted by Gasteiger charge is 2.43. The molecule has 0 aliphatic carbocycles. The Balaban J connectivity index is 1.74. The lowest BCUT2D eigenvalue weighted by molar-refractivity contribution is -0.167. The number of Topliss-reactive ketones (excluding diaryl/α,β-unsaturated/α-hetero) is 1. The van der Waals surface area contributed by atoms with E-state index in [1.165, 1.54) is 6.08 Å². The number of carbonyl (C=O) groups is 2. The molecule has 316 valence electrons. The molecule has 0 saturated carbocycles. The fraction of sp³-hybridized carbons (Fsp3) is 0.413. The number of terminal acetylenes is 1. The number of carbonyl (C=O) groups excluding carboxylic acids is 2. The zero-order valence-corrected chi connectivity index (χ0v) is 36.2. The minimum atomic E-state index is -1.79. The van der Waals surface area contributed by atoms with Crippen molar-refractivity contribution in [2.24, 2.45) is 0 Å². The number of ether oxygens (including phenoxy) is 5. The van der Waals surface area contributed by atoms with E-state index in [1.807, 2.05) is 60.7 Å². The Morgan fingerprint density at radius 3 is 2.15 bits per heavy atom. The number of rotatable bonds is 22. The van der Waals surface area contributed by atoms with Crippen molar-refractivity contribution in [3.63, 3.8) is 0 Å². The Morgan fingerprint density at radius 1 is 0.949 bits per heavy atom. The van der Waals surface area contributed by atoms with Gasteiger partial charge in [0.2, 0.25) is 0 Å². The van der Waals surface area contributed by atoms with Crippen LogP contribution in [0.25, 0.3) is 0 Å². The summed E-state index contributed by atoms with van der Waals surface area (Å²) in [7, 11) is -1.45. The number of aliphatic hydroxyl groups is 2. The van der Waals surface area contributed by atoms with E-state index in [2.05, 4.69) is 42.6 Å². The first-order chi connectivity index (χ1) is 28.0. The molecule has 13 heteroatoms. The van der Waals surface area contributed by atoms with Crippen LogP contribution in [-0.2, 0) is 37.8 Å². The molecule has 4 atom stereocenters. The Bertz CT molecular complexity index is 2020. The molecule has 3 N–H and O–H groups in total. The Hall–Kier alpha value is -5.23. The number of nitrogens with zero attached hydrogens (tertiary/aromatic N) is 1. The van der Waals surface area contributed by atoms with Gasteiger partial charge in [0.15, 0.2) is 17.1 Å². The minimum absolute atomic E-state index is 0.0469. The monoisotopic (exact) mass is 826 g/mol. The average molecular weight is 827 g/mol. The highest BCUT2D eigenvalue weighted by atomic mass is 28.3. The maximum atomic E-state index is 14.8. The smallest absolute Gasteiger partial charge is 0.408 e. The quantitative estimate of drug-likeness (QED) is 0.0229. The molecule has 1 heterocycles. The van der Waals surface area contributed by atoms with E-state index in [1.54, 1.807) is 45.9 Å². The van der Waals surface area contributed by atoms with Crippen molar-refractivity contribution >= 4 is 20.0 Å². The molecule has 1 aromatic heterocycles. The number of aromatic nitrogens is 1. The average Bonchev–Trinajstić information content (AvgIpc) is 3.61. The fourth-order valence-electron chi connectivity index (χ4n) is 6.04. The van der Waals surface area contributed by atoms with E-state index in [0.717, 1.165) is 17.2 Å². The third-order valence-corrected chi connectivity index (χ3v) is 11.0. The third kappa shape index (κ3) is 13.7. The second kappa shape index (κ2) is 21.2. The molecule has 3 aromatic carbocycles. The van der Waals surface area contributed by atoms with Gasteiger partial charge in [-0.15, -0.1) is 13.0 Å². The molecule has 0 aliphatic rings. The van der Waals surface area contributed by atoms with Crippen molar-refractivity contribution in [1.29, 1.82) is 0 Å². The van der Waals surface area contributed by atoms with Gasteiger partial charge in [0, 0.05) is 26.7 Å². The summed E-state index contributed by atoms with van der Waals surface area (Å²) in [5, 5.41) is 30.2. The highest BCUT2D eigenvalue weighted by molar-refractivity contribution is 6.76. The van der Waals surface area contributed by atoms with Crippen molar-refractivity contribution in [3.05, 3.63) is 125 Å². The number of ketones is 1. The summed E-state index contributed by atoms with van der Waals surface area (Å²) >= 11 is 0. The Morgan fingerprint density at radius 2 is 1.58 bits per heavy atom. The lowest BCUT2D eigenvalue weighted by atomic mass is 9.83. The van der Waals surface area contributed by atoms with Gasteiger partial charge in [0.25, 0.3) is 5.88 Å². The van der Waals surface area contributed by atoms with E-state index < -0.39 is 55.8 Å². The van der Waals surface area contributed by atoms with Gasteiger partial charge in [-0.05, 0) is 62.5 Å². The number of amides is 1. The standard InChI is InChI=1S/C46H58N2O10Si/c1-10-19-36(49)40-42(58-48-43(40)55-30-33-22-16-13-17-23-33)41(47-44(52)57-45(3,4)5)37(50)28-39(51)46(6,56-31-53-26-27-59(7,8)9)35-24-18-25-38(34(35)11-2)54-29-32-20-14-12-15-21-32/h2,10,12-18,20-25,36-37,41,49-50H,1,19,26-31H2,3-9H3,(H,47,52)/t36-,37?,41+,46-/m1/s1. The molecule has 0 aliphatic heterocycles. The first-order valence-electron chi connectivity index (χ1n) is 19.6. The summed E-state index contributed by atoms with van der Waals surface area (Å²) in [5.74, 6) is 2.22. The Kier molecular flexibility index (Phi) is 16.7. The van der Waals surface area contributed by atoms with Crippen LogP contribution in [-0.4, -0.2) is 60.4 Å². The molecule has 0 fully saturated rings. The summed E-state index contributed by atoms with van der Waals surface area (Å²) in [5.41, 5.74) is -0.331. The molecule has 0 bridgehead atoms. The number of hydrogen-bond donors (Lipinski definition) is 3. The van der Waals surface area contributed by atoms with E-state index in [4.69, 9.17) is 34.6 Å². The number of alkyl carbamates (subject to hydrolysis) is 1. The summed E-state index contributed by atoms with van der Waals surface area (Å²) in [6.45, 7) is 17.5. The van der Waals surface area contributed by atoms with Gasteiger partial charge in [-0.3, -0.25) is 4.79 Å². The second-order valence-electron chi connectivity index (χ2n) is 16.5. The lowest BCUT2D eigenvalue weighted by Gasteiger charge is -2.32. The predicted octanol–water partition coefficient (Wildman–Crippen LogP) is 8.55. The van der Waals surface area contributed by atoms with E-state index in [-0.39, 0.29) is 49.2 Å². The molecule has 0 spiro atoms. The van der Waals surface area contributed by atoms with Crippen LogP contribution in [0.1, 0.15) is 86.3 Å². The van der Waals surface area contributed by atoms with Gasteiger partial charge in [-0.25, -0.2) is 4.79 Å². The van der Waals surface area contributed by atoms with Crippen LogP contribution in [0.15, 0.2) is 96.0 Å². The predicted molar refractivity (Wildman–Crippen MR) is 227 cm³/mol. The van der Waals surface area contributed by atoms with Crippen molar-refractivity contribution in [3.8, 4) is 24.0 Å². The van der Waals surface area contributed by atoms with Crippen LogP contribution < -0.4 is 14.8 Å². The first kappa shape index (κ1) is 46.5. The van der Waals surface area contributed by atoms with Crippen molar-refractivity contribution < 1.29 is 48.0 Å². The van der Waals surface area contributed by atoms with Gasteiger partial charge >= 0.3 is 6.09 Å². The van der Waals surface area contributed by atoms with Crippen LogP contribution in [0.5, 0.6) is 11.6 Å². The summed E-state index contributed by atoms with van der Waals surface area (Å²) in [6, 6.07) is 23.3. The zero-order valence-electron chi connectivity index (χ0n) is 35.2. The molecule has 4 aromatic rings. The van der Waals surface area contributed by atoms with Crippen LogP contribution >= 0.6 is 0 Å². The molecule has 0 saturated heterocycles. The fourth-order valence-corrected chi connectivity index (χ4v) is 6.80. The minimum Gasteiger partial charge on any atom is -0.488 e. The van der Waals surface area contributed by atoms with E-state index in [9.17, 15) is 19.8 Å².